The SMILES string of the molecule is CC(C)(C)C(=O)N1OCC[C@H]1c1ccc([N+](=O)[O-])nc1. The zero-order valence-corrected chi connectivity index (χ0v) is 11.7. The zero-order chi connectivity index (χ0) is 14.9. The van der Waals surface area contributed by atoms with Gasteiger partial charge in [-0.3, -0.25) is 9.63 Å². The van der Waals surface area contributed by atoms with Crippen LogP contribution in [0.25, 0.3) is 0 Å². The van der Waals surface area contributed by atoms with Crippen molar-refractivity contribution in [1.82, 2.24) is 10.0 Å². The molecule has 0 unspecified atom stereocenters. The first-order chi connectivity index (χ1) is 9.30. The third-order valence-corrected chi connectivity index (χ3v) is 3.09. The van der Waals surface area contributed by atoms with Crippen LogP contribution in [0.2, 0.25) is 0 Å². The van der Waals surface area contributed by atoms with Gasteiger partial charge in [0.25, 0.3) is 5.91 Å². The first-order valence-electron chi connectivity index (χ1n) is 6.37. The Morgan fingerprint density at radius 3 is 2.70 bits per heavy atom. The van der Waals surface area contributed by atoms with Gasteiger partial charge in [-0.2, -0.15) is 0 Å². The molecule has 0 N–H and O–H groups in total. The van der Waals surface area contributed by atoms with E-state index >= 15 is 0 Å². The van der Waals surface area contributed by atoms with E-state index in [1.165, 1.54) is 17.3 Å². The van der Waals surface area contributed by atoms with Crippen LogP contribution in [0.1, 0.15) is 38.8 Å². The number of carbonyl (C=O) groups is 1. The van der Waals surface area contributed by atoms with E-state index in [1.807, 2.05) is 20.8 Å². The Balaban J connectivity index is 2.23. The molecule has 2 rings (SSSR count). The molecule has 0 aliphatic carbocycles. The van der Waals surface area contributed by atoms with Crippen LogP contribution in [0.4, 0.5) is 5.82 Å². The fourth-order valence-electron chi connectivity index (χ4n) is 2.01. The maximum absolute atomic E-state index is 12.3. The highest BCUT2D eigenvalue weighted by Gasteiger charge is 2.38. The van der Waals surface area contributed by atoms with Gasteiger partial charge in [-0.1, -0.05) is 20.8 Å². The second-order valence-electron chi connectivity index (χ2n) is 5.73. The molecule has 1 amide bonds. The molecule has 7 nitrogen and oxygen atoms in total. The smallest absolute Gasteiger partial charge is 0.358 e. The number of hydrogen-bond acceptors (Lipinski definition) is 5. The quantitative estimate of drug-likeness (QED) is 0.612. The van der Waals surface area contributed by atoms with Crippen LogP contribution in [0.5, 0.6) is 0 Å². The second-order valence-corrected chi connectivity index (χ2v) is 5.73. The number of hydrogen-bond donors (Lipinski definition) is 0. The Morgan fingerprint density at radius 1 is 1.50 bits per heavy atom. The van der Waals surface area contributed by atoms with E-state index in [0.717, 1.165) is 5.56 Å². The average Bonchev–Trinajstić information content (AvgIpc) is 2.85. The van der Waals surface area contributed by atoms with E-state index in [-0.39, 0.29) is 17.8 Å². The van der Waals surface area contributed by atoms with E-state index in [2.05, 4.69) is 4.98 Å². The lowest BCUT2D eigenvalue weighted by atomic mass is 9.94. The Kier molecular flexibility index (Phi) is 3.71. The van der Waals surface area contributed by atoms with Crippen molar-refractivity contribution in [2.24, 2.45) is 5.41 Å². The highest BCUT2D eigenvalue weighted by atomic mass is 16.7. The number of amides is 1. The van der Waals surface area contributed by atoms with Gasteiger partial charge in [0.1, 0.15) is 6.20 Å². The summed E-state index contributed by atoms with van der Waals surface area (Å²) < 4.78 is 0. The monoisotopic (exact) mass is 279 g/mol. The fraction of sp³-hybridized carbons (Fsp3) is 0.538. The number of nitrogens with zero attached hydrogens (tertiary/aromatic N) is 3. The molecule has 1 saturated heterocycles. The molecule has 20 heavy (non-hydrogen) atoms. The molecule has 0 radical (unpaired) electrons. The Hall–Kier alpha value is -2.02. The summed E-state index contributed by atoms with van der Waals surface area (Å²) in [4.78, 5) is 31.5. The molecule has 1 aromatic heterocycles. The normalized spacial score (nSPS) is 19.1. The van der Waals surface area contributed by atoms with Gasteiger partial charge in [0.05, 0.1) is 12.6 Å². The van der Waals surface area contributed by atoms with Crippen molar-refractivity contribution >= 4 is 11.7 Å². The van der Waals surface area contributed by atoms with Crippen LogP contribution >= 0.6 is 0 Å². The molecule has 0 saturated carbocycles. The minimum absolute atomic E-state index is 0.113. The lowest BCUT2D eigenvalue weighted by Crippen LogP contribution is -2.38. The summed E-state index contributed by atoms with van der Waals surface area (Å²) in [5.41, 5.74) is 0.197. The molecule has 0 aromatic carbocycles. The van der Waals surface area contributed by atoms with Gasteiger partial charge in [-0.05, 0) is 16.0 Å². The second kappa shape index (κ2) is 5.16. The van der Waals surface area contributed by atoms with Crippen LogP contribution < -0.4 is 0 Å². The molecule has 7 heteroatoms. The van der Waals surface area contributed by atoms with Crippen LogP contribution in [-0.4, -0.2) is 27.5 Å². The first kappa shape index (κ1) is 14.4. The standard InChI is InChI=1S/C13H17N3O4/c1-13(2,3)12(17)15-10(6-7-20-15)9-4-5-11(14-8-9)16(18)19/h4-5,8,10H,6-7H2,1-3H3/t10-/m0/s1. The van der Waals surface area contributed by atoms with Crippen LogP contribution in [0.3, 0.4) is 0 Å². The average molecular weight is 279 g/mol. The van der Waals surface area contributed by atoms with E-state index < -0.39 is 10.3 Å². The van der Waals surface area contributed by atoms with Crippen molar-refractivity contribution in [3.8, 4) is 0 Å². The van der Waals surface area contributed by atoms with E-state index in [9.17, 15) is 14.9 Å². The summed E-state index contributed by atoms with van der Waals surface area (Å²) in [7, 11) is 0. The van der Waals surface area contributed by atoms with Crippen molar-refractivity contribution in [3.63, 3.8) is 0 Å². The van der Waals surface area contributed by atoms with Gasteiger partial charge in [-0.15, -0.1) is 0 Å². The number of aromatic nitrogens is 1. The molecule has 0 spiro atoms. The molecular formula is C13H17N3O4. The van der Waals surface area contributed by atoms with Crippen molar-refractivity contribution in [2.45, 2.75) is 33.2 Å². The van der Waals surface area contributed by atoms with Gasteiger partial charge in [0, 0.05) is 23.5 Å². The van der Waals surface area contributed by atoms with Crippen LogP contribution in [0, 0.1) is 15.5 Å². The van der Waals surface area contributed by atoms with Crippen molar-refractivity contribution in [3.05, 3.63) is 34.0 Å². The van der Waals surface area contributed by atoms with Gasteiger partial charge in [0.15, 0.2) is 0 Å². The molecule has 1 aliphatic rings. The van der Waals surface area contributed by atoms with E-state index in [1.54, 1.807) is 6.07 Å². The van der Waals surface area contributed by atoms with Crippen molar-refractivity contribution < 1.29 is 14.6 Å². The third kappa shape index (κ3) is 2.77. The number of pyridine rings is 1. The van der Waals surface area contributed by atoms with Gasteiger partial charge >= 0.3 is 5.82 Å². The van der Waals surface area contributed by atoms with E-state index in [4.69, 9.17) is 4.84 Å². The number of nitro groups is 1. The van der Waals surface area contributed by atoms with Crippen LogP contribution in [0.15, 0.2) is 18.3 Å². The molecular weight excluding hydrogens is 262 g/mol. The topological polar surface area (TPSA) is 85.6 Å². The molecule has 1 aliphatic heterocycles. The molecule has 0 bridgehead atoms. The molecule has 2 heterocycles. The predicted molar refractivity (Wildman–Crippen MR) is 70.5 cm³/mol. The lowest BCUT2D eigenvalue weighted by molar-refractivity contribution is -0.389. The summed E-state index contributed by atoms with van der Waals surface area (Å²) in [5.74, 6) is -0.320. The maximum Gasteiger partial charge on any atom is 0.363 e. The predicted octanol–water partition coefficient (Wildman–Crippen LogP) is 2.24. The summed E-state index contributed by atoms with van der Waals surface area (Å²) in [6, 6.07) is 2.72. The summed E-state index contributed by atoms with van der Waals surface area (Å²) in [6.07, 6.45) is 2.09. The van der Waals surface area contributed by atoms with E-state index in [0.29, 0.717) is 13.0 Å². The Labute approximate surface area is 116 Å². The number of hydroxylamine groups is 2. The minimum Gasteiger partial charge on any atom is -0.358 e. The number of carbonyl (C=O) groups excluding carboxylic acids is 1. The minimum atomic E-state index is -0.549. The zero-order valence-electron chi connectivity index (χ0n) is 11.7. The maximum atomic E-state index is 12.3. The van der Waals surface area contributed by atoms with Gasteiger partial charge < -0.3 is 10.1 Å². The first-order valence-corrected chi connectivity index (χ1v) is 6.37. The highest BCUT2D eigenvalue weighted by molar-refractivity contribution is 5.81. The largest absolute Gasteiger partial charge is 0.363 e. The molecule has 1 atom stereocenters. The summed E-state index contributed by atoms with van der Waals surface area (Å²) in [5, 5.41) is 12.0. The number of rotatable bonds is 2. The molecule has 108 valence electrons. The lowest BCUT2D eigenvalue weighted by Gasteiger charge is -2.28. The molecule has 1 aromatic rings. The van der Waals surface area contributed by atoms with Crippen LogP contribution in [-0.2, 0) is 9.63 Å². The van der Waals surface area contributed by atoms with Crippen molar-refractivity contribution in [2.75, 3.05) is 6.61 Å². The van der Waals surface area contributed by atoms with Crippen molar-refractivity contribution in [1.29, 1.82) is 0 Å². The Bertz CT molecular complexity index is 521. The Morgan fingerprint density at radius 2 is 2.20 bits per heavy atom. The van der Waals surface area contributed by atoms with Gasteiger partial charge in [-0.25, -0.2) is 5.06 Å². The fourth-order valence-corrected chi connectivity index (χ4v) is 2.01. The highest BCUT2D eigenvalue weighted by Crippen LogP contribution is 2.34. The molecule has 1 fully saturated rings. The van der Waals surface area contributed by atoms with Gasteiger partial charge in [0.2, 0.25) is 0 Å². The summed E-state index contributed by atoms with van der Waals surface area (Å²) >= 11 is 0. The third-order valence-electron chi connectivity index (χ3n) is 3.09. The summed E-state index contributed by atoms with van der Waals surface area (Å²) in [6.45, 7) is 5.91.